The molecule has 0 aliphatic heterocycles. The van der Waals surface area contributed by atoms with Crippen LogP contribution in [0.2, 0.25) is 0 Å². The van der Waals surface area contributed by atoms with Crippen LogP contribution in [0, 0.1) is 10.1 Å². The Morgan fingerprint density at radius 3 is 2.94 bits per heavy atom. The van der Waals surface area contributed by atoms with Gasteiger partial charge in [0.2, 0.25) is 5.65 Å². The van der Waals surface area contributed by atoms with Gasteiger partial charge in [0, 0.05) is 6.20 Å². The maximum Gasteiger partial charge on any atom is 0.343 e. The Kier molecular flexibility index (Phi) is 2.80. The molecule has 2 aromatic rings. The summed E-state index contributed by atoms with van der Waals surface area (Å²) in [7, 11) is 0. The lowest BCUT2D eigenvalue weighted by atomic mass is 10.3. The van der Waals surface area contributed by atoms with E-state index in [1.807, 2.05) is 0 Å². The summed E-state index contributed by atoms with van der Waals surface area (Å²) in [6.45, 7) is 1.84. The van der Waals surface area contributed by atoms with Gasteiger partial charge in [0.25, 0.3) is 0 Å². The SMILES string of the molecule is CCOC(=O)c1cnc2c([N+](=O)[O-])cnn2c1N. The van der Waals surface area contributed by atoms with Crippen LogP contribution < -0.4 is 5.73 Å². The Hall–Kier alpha value is -2.71. The predicted molar refractivity (Wildman–Crippen MR) is 60.0 cm³/mol. The second-order valence-electron chi connectivity index (χ2n) is 3.30. The molecule has 0 spiro atoms. The van der Waals surface area contributed by atoms with E-state index in [4.69, 9.17) is 10.5 Å². The number of nitrogens with zero attached hydrogens (tertiary/aromatic N) is 4. The second-order valence-corrected chi connectivity index (χ2v) is 3.30. The molecule has 0 aliphatic rings. The third-order valence-corrected chi connectivity index (χ3v) is 2.24. The second kappa shape index (κ2) is 4.28. The molecule has 0 unspecified atom stereocenters. The molecule has 18 heavy (non-hydrogen) atoms. The van der Waals surface area contributed by atoms with E-state index < -0.39 is 10.9 Å². The molecule has 0 saturated heterocycles. The minimum absolute atomic E-state index is 0.0161. The lowest BCUT2D eigenvalue weighted by Gasteiger charge is -2.05. The van der Waals surface area contributed by atoms with Crippen LogP contribution in [0.5, 0.6) is 0 Å². The van der Waals surface area contributed by atoms with Crippen molar-refractivity contribution >= 4 is 23.1 Å². The highest BCUT2D eigenvalue weighted by molar-refractivity contribution is 5.94. The highest BCUT2D eigenvalue weighted by Crippen LogP contribution is 2.21. The third-order valence-electron chi connectivity index (χ3n) is 2.24. The molecule has 2 heterocycles. The molecule has 9 nitrogen and oxygen atoms in total. The zero-order chi connectivity index (χ0) is 13.3. The number of ether oxygens (including phenoxy) is 1. The number of carbonyl (C=O) groups excluding carboxylic acids is 1. The van der Waals surface area contributed by atoms with Crippen LogP contribution in [0.4, 0.5) is 11.5 Å². The van der Waals surface area contributed by atoms with Crippen molar-refractivity contribution in [2.45, 2.75) is 6.92 Å². The van der Waals surface area contributed by atoms with Crippen LogP contribution in [0.1, 0.15) is 17.3 Å². The van der Waals surface area contributed by atoms with Crippen LogP contribution >= 0.6 is 0 Å². The Balaban J connectivity index is 2.59. The van der Waals surface area contributed by atoms with Gasteiger partial charge >= 0.3 is 11.7 Å². The van der Waals surface area contributed by atoms with Crippen LogP contribution in [-0.2, 0) is 4.74 Å². The fourth-order valence-corrected chi connectivity index (χ4v) is 1.43. The number of nitrogen functional groups attached to an aromatic ring is 1. The Bertz CT molecular complexity index is 635. The molecule has 0 saturated carbocycles. The van der Waals surface area contributed by atoms with Crippen molar-refractivity contribution in [3.8, 4) is 0 Å². The van der Waals surface area contributed by atoms with Crippen molar-refractivity contribution in [1.82, 2.24) is 14.6 Å². The molecule has 0 aromatic carbocycles. The van der Waals surface area contributed by atoms with Crippen LogP contribution in [0.25, 0.3) is 5.65 Å². The van der Waals surface area contributed by atoms with Gasteiger partial charge in [0.15, 0.2) is 0 Å². The number of aromatic nitrogens is 3. The zero-order valence-corrected chi connectivity index (χ0v) is 9.36. The van der Waals surface area contributed by atoms with Gasteiger partial charge in [0.05, 0.1) is 11.5 Å². The third kappa shape index (κ3) is 1.71. The summed E-state index contributed by atoms with van der Waals surface area (Å²) in [6.07, 6.45) is 2.16. The van der Waals surface area contributed by atoms with Crippen molar-refractivity contribution in [3.05, 3.63) is 28.1 Å². The van der Waals surface area contributed by atoms with Crippen molar-refractivity contribution in [1.29, 1.82) is 0 Å². The average Bonchev–Trinajstić information content (AvgIpc) is 2.74. The monoisotopic (exact) mass is 251 g/mol. The summed E-state index contributed by atoms with van der Waals surface area (Å²) >= 11 is 0. The van der Waals surface area contributed by atoms with Crippen molar-refractivity contribution in [2.75, 3.05) is 12.3 Å². The quantitative estimate of drug-likeness (QED) is 0.475. The van der Waals surface area contributed by atoms with Gasteiger partial charge in [-0.15, -0.1) is 0 Å². The molecule has 2 rings (SSSR count). The number of anilines is 1. The van der Waals surface area contributed by atoms with E-state index >= 15 is 0 Å². The van der Waals surface area contributed by atoms with Gasteiger partial charge in [0.1, 0.15) is 17.6 Å². The number of fused-ring (bicyclic) bond motifs is 1. The standard InChI is InChI=1S/C9H9N5O4/c1-2-18-9(15)5-3-11-8-6(14(16)17)4-12-13(8)7(5)10/h3-4H,2,10H2,1H3. The number of nitrogens with two attached hydrogens (primary N) is 1. The van der Waals surface area contributed by atoms with E-state index in [1.54, 1.807) is 6.92 Å². The normalized spacial score (nSPS) is 10.5. The van der Waals surface area contributed by atoms with E-state index in [1.165, 1.54) is 0 Å². The average molecular weight is 251 g/mol. The molecule has 0 fully saturated rings. The summed E-state index contributed by atoms with van der Waals surface area (Å²) in [4.78, 5) is 25.4. The van der Waals surface area contributed by atoms with Gasteiger partial charge in [-0.3, -0.25) is 10.1 Å². The van der Waals surface area contributed by atoms with E-state index in [-0.39, 0.29) is 29.3 Å². The van der Waals surface area contributed by atoms with Crippen LogP contribution in [0.3, 0.4) is 0 Å². The number of esters is 1. The smallest absolute Gasteiger partial charge is 0.343 e. The molecule has 0 bridgehead atoms. The van der Waals surface area contributed by atoms with Gasteiger partial charge in [-0.1, -0.05) is 0 Å². The Morgan fingerprint density at radius 1 is 1.61 bits per heavy atom. The van der Waals surface area contributed by atoms with Gasteiger partial charge in [-0.05, 0) is 6.92 Å². The summed E-state index contributed by atoms with van der Waals surface area (Å²) < 4.78 is 5.81. The number of rotatable bonds is 3. The van der Waals surface area contributed by atoms with Gasteiger partial charge in [-0.2, -0.15) is 9.61 Å². The minimum atomic E-state index is -0.650. The highest BCUT2D eigenvalue weighted by Gasteiger charge is 2.21. The van der Waals surface area contributed by atoms with Crippen LogP contribution in [0.15, 0.2) is 12.4 Å². The maximum absolute atomic E-state index is 11.5. The highest BCUT2D eigenvalue weighted by atomic mass is 16.6. The molecular formula is C9H9N5O4. The van der Waals surface area contributed by atoms with E-state index in [0.717, 1.165) is 16.9 Å². The Labute approximate surface area is 100 Å². The van der Waals surface area contributed by atoms with Crippen molar-refractivity contribution in [2.24, 2.45) is 0 Å². The molecule has 94 valence electrons. The van der Waals surface area contributed by atoms with Gasteiger partial charge in [-0.25, -0.2) is 9.78 Å². The first-order valence-corrected chi connectivity index (χ1v) is 5.00. The summed E-state index contributed by atoms with van der Waals surface area (Å²) in [5.74, 6) is -0.700. The van der Waals surface area contributed by atoms with Crippen molar-refractivity contribution < 1.29 is 14.5 Å². The van der Waals surface area contributed by atoms with E-state index in [0.29, 0.717) is 0 Å². The number of carbonyl (C=O) groups is 1. The lowest BCUT2D eigenvalue weighted by molar-refractivity contribution is -0.383. The fourth-order valence-electron chi connectivity index (χ4n) is 1.43. The molecule has 2 aromatic heterocycles. The predicted octanol–water partition coefficient (Wildman–Crippen LogP) is 0.396. The topological polar surface area (TPSA) is 126 Å². The van der Waals surface area contributed by atoms with E-state index in [9.17, 15) is 14.9 Å². The lowest BCUT2D eigenvalue weighted by Crippen LogP contribution is -2.12. The summed E-state index contributed by atoms with van der Waals surface area (Å²) in [6, 6.07) is 0. The first-order chi connectivity index (χ1) is 8.56. The number of nitro groups is 1. The number of hydrogen-bond acceptors (Lipinski definition) is 7. The number of hydrogen-bond donors (Lipinski definition) is 1. The maximum atomic E-state index is 11.5. The van der Waals surface area contributed by atoms with Crippen LogP contribution in [-0.4, -0.2) is 32.1 Å². The summed E-state index contributed by atoms with van der Waals surface area (Å²) in [5, 5.41) is 14.4. The van der Waals surface area contributed by atoms with Gasteiger partial charge < -0.3 is 10.5 Å². The fraction of sp³-hybridized carbons (Fsp3) is 0.222. The van der Waals surface area contributed by atoms with E-state index in [2.05, 4.69) is 10.1 Å². The first kappa shape index (κ1) is 11.8. The molecule has 9 heteroatoms. The largest absolute Gasteiger partial charge is 0.462 e. The molecule has 0 aliphatic carbocycles. The molecule has 0 atom stereocenters. The minimum Gasteiger partial charge on any atom is -0.462 e. The zero-order valence-electron chi connectivity index (χ0n) is 9.36. The first-order valence-electron chi connectivity index (χ1n) is 5.00. The molecule has 2 N–H and O–H groups in total. The summed E-state index contributed by atoms with van der Waals surface area (Å²) in [5.41, 5.74) is 5.41. The molecular weight excluding hydrogens is 242 g/mol. The Morgan fingerprint density at radius 2 is 2.33 bits per heavy atom. The van der Waals surface area contributed by atoms with Crippen molar-refractivity contribution in [3.63, 3.8) is 0 Å². The molecule has 0 radical (unpaired) electrons. The molecule has 0 amide bonds.